The highest BCUT2D eigenvalue weighted by molar-refractivity contribution is 7.10. The van der Waals surface area contributed by atoms with Gasteiger partial charge in [0.05, 0.1) is 27.2 Å². The summed E-state index contributed by atoms with van der Waals surface area (Å²) >= 11 is 1.66. The van der Waals surface area contributed by atoms with Crippen LogP contribution in [0.15, 0.2) is 29.6 Å². The van der Waals surface area contributed by atoms with Gasteiger partial charge in [-0.05, 0) is 35.6 Å². The topological polar surface area (TPSA) is 48.0 Å². The van der Waals surface area contributed by atoms with Crippen molar-refractivity contribution in [2.24, 2.45) is 0 Å². The smallest absolute Gasteiger partial charge is 0.229 e. The van der Waals surface area contributed by atoms with Crippen molar-refractivity contribution >= 4 is 22.9 Å². The van der Waals surface area contributed by atoms with E-state index in [-0.39, 0.29) is 12.0 Å². The third kappa shape index (κ3) is 3.25. The van der Waals surface area contributed by atoms with Gasteiger partial charge in [0.15, 0.2) is 11.5 Å². The molecule has 5 nitrogen and oxygen atoms in total. The second-order valence-corrected chi connectivity index (χ2v) is 6.56. The molecule has 2 aromatic rings. The Balaban J connectivity index is 1.74. The fraction of sp³-hybridized carbons (Fsp3) is 0.389. The Morgan fingerprint density at radius 2 is 2.08 bits per heavy atom. The van der Waals surface area contributed by atoms with E-state index in [9.17, 15) is 4.79 Å². The summed E-state index contributed by atoms with van der Waals surface area (Å²) in [5.41, 5.74) is 2.07. The SMILES string of the molecule is COc1ccc(N(C)C(=O)CC2OCCc3ccsc32)cc1OC. The van der Waals surface area contributed by atoms with Crippen LogP contribution in [0.2, 0.25) is 0 Å². The molecule has 1 amide bonds. The molecule has 1 atom stereocenters. The van der Waals surface area contributed by atoms with Crippen molar-refractivity contribution in [1.82, 2.24) is 0 Å². The molecule has 128 valence electrons. The summed E-state index contributed by atoms with van der Waals surface area (Å²) in [6.45, 7) is 0.668. The molecule has 0 fully saturated rings. The molecule has 1 unspecified atom stereocenters. The standard InChI is InChI=1S/C18H21NO4S/c1-19(13-4-5-14(21-2)15(10-13)22-3)17(20)11-16-18-12(6-8-23-16)7-9-24-18/h4-5,7,9-10,16H,6,8,11H2,1-3H3. The van der Waals surface area contributed by atoms with E-state index in [4.69, 9.17) is 14.2 Å². The minimum Gasteiger partial charge on any atom is -0.493 e. The van der Waals surface area contributed by atoms with Crippen molar-refractivity contribution in [3.05, 3.63) is 40.1 Å². The Hall–Kier alpha value is -2.05. The number of methoxy groups -OCH3 is 2. The number of nitrogens with zero attached hydrogens (tertiary/aromatic N) is 1. The maximum Gasteiger partial charge on any atom is 0.229 e. The molecule has 24 heavy (non-hydrogen) atoms. The third-order valence-corrected chi connectivity index (χ3v) is 5.30. The van der Waals surface area contributed by atoms with Crippen LogP contribution in [0.5, 0.6) is 11.5 Å². The first-order chi connectivity index (χ1) is 11.6. The number of benzene rings is 1. The first-order valence-corrected chi connectivity index (χ1v) is 8.68. The lowest BCUT2D eigenvalue weighted by atomic mass is 10.0. The van der Waals surface area contributed by atoms with E-state index in [1.165, 1.54) is 10.4 Å². The van der Waals surface area contributed by atoms with Gasteiger partial charge in [-0.25, -0.2) is 0 Å². The highest BCUT2D eigenvalue weighted by atomic mass is 32.1. The molecule has 1 aliphatic heterocycles. The average molecular weight is 347 g/mol. The number of ether oxygens (including phenoxy) is 3. The Morgan fingerprint density at radius 3 is 2.83 bits per heavy atom. The summed E-state index contributed by atoms with van der Waals surface area (Å²) in [4.78, 5) is 15.5. The largest absolute Gasteiger partial charge is 0.493 e. The zero-order valence-electron chi connectivity index (χ0n) is 14.1. The molecule has 1 aliphatic rings. The zero-order valence-corrected chi connectivity index (χ0v) is 14.9. The van der Waals surface area contributed by atoms with Crippen molar-refractivity contribution in [1.29, 1.82) is 0 Å². The first-order valence-electron chi connectivity index (χ1n) is 7.80. The maximum absolute atomic E-state index is 12.7. The average Bonchev–Trinajstić information content (AvgIpc) is 3.10. The number of hydrogen-bond acceptors (Lipinski definition) is 5. The lowest BCUT2D eigenvalue weighted by Gasteiger charge is -2.25. The second kappa shape index (κ2) is 7.23. The van der Waals surface area contributed by atoms with Crippen LogP contribution in [0.4, 0.5) is 5.69 Å². The normalized spacial score (nSPS) is 16.4. The summed E-state index contributed by atoms with van der Waals surface area (Å²) in [5, 5.41) is 2.06. The molecular weight excluding hydrogens is 326 g/mol. The van der Waals surface area contributed by atoms with E-state index in [0.29, 0.717) is 24.5 Å². The van der Waals surface area contributed by atoms with Crippen LogP contribution in [-0.4, -0.2) is 33.8 Å². The lowest BCUT2D eigenvalue weighted by molar-refractivity contribution is -0.121. The third-order valence-electron chi connectivity index (χ3n) is 4.25. The zero-order chi connectivity index (χ0) is 17.1. The van der Waals surface area contributed by atoms with Gasteiger partial charge in [0.2, 0.25) is 5.91 Å². The van der Waals surface area contributed by atoms with Crippen LogP contribution in [0.25, 0.3) is 0 Å². The molecule has 3 rings (SSSR count). The fourth-order valence-corrected chi connectivity index (χ4v) is 3.85. The Kier molecular flexibility index (Phi) is 5.06. The van der Waals surface area contributed by atoms with E-state index < -0.39 is 0 Å². The minimum absolute atomic E-state index is 0.00784. The molecule has 0 aliphatic carbocycles. The van der Waals surface area contributed by atoms with Gasteiger partial charge in [-0.15, -0.1) is 11.3 Å². The predicted octanol–water partition coefficient (Wildman–Crippen LogP) is 3.43. The van der Waals surface area contributed by atoms with Gasteiger partial charge in [0.25, 0.3) is 0 Å². The lowest BCUT2D eigenvalue weighted by Crippen LogP contribution is -2.29. The van der Waals surface area contributed by atoms with Gasteiger partial charge in [0.1, 0.15) is 6.10 Å². The highest BCUT2D eigenvalue weighted by Crippen LogP contribution is 2.35. The predicted molar refractivity (Wildman–Crippen MR) is 94.3 cm³/mol. The van der Waals surface area contributed by atoms with Crippen molar-refractivity contribution in [2.75, 3.05) is 32.8 Å². The van der Waals surface area contributed by atoms with Crippen LogP contribution < -0.4 is 14.4 Å². The number of carbonyl (C=O) groups is 1. The van der Waals surface area contributed by atoms with Crippen molar-refractivity contribution < 1.29 is 19.0 Å². The van der Waals surface area contributed by atoms with E-state index in [1.807, 2.05) is 6.07 Å². The summed E-state index contributed by atoms with van der Waals surface area (Å²) < 4.78 is 16.4. The quantitative estimate of drug-likeness (QED) is 0.831. The Labute approximate surface area is 145 Å². The number of rotatable bonds is 5. The Bertz CT molecular complexity index is 728. The molecule has 1 aromatic heterocycles. The fourth-order valence-electron chi connectivity index (χ4n) is 2.85. The van der Waals surface area contributed by atoms with E-state index in [1.54, 1.807) is 49.6 Å². The van der Waals surface area contributed by atoms with E-state index >= 15 is 0 Å². The molecule has 0 radical (unpaired) electrons. The summed E-state index contributed by atoms with van der Waals surface area (Å²) in [7, 11) is 4.94. The monoisotopic (exact) mass is 347 g/mol. The Morgan fingerprint density at radius 1 is 1.29 bits per heavy atom. The molecule has 0 spiro atoms. The van der Waals surface area contributed by atoms with Gasteiger partial charge >= 0.3 is 0 Å². The van der Waals surface area contributed by atoms with Crippen LogP contribution in [-0.2, 0) is 16.0 Å². The number of fused-ring (bicyclic) bond motifs is 1. The summed E-state index contributed by atoms with van der Waals surface area (Å²) in [6, 6.07) is 7.57. The van der Waals surface area contributed by atoms with Crippen LogP contribution in [0, 0.1) is 0 Å². The summed E-state index contributed by atoms with van der Waals surface area (Å²) in [5.74, 6) is 1.25. The number of thiophene rings is 1. The number of anilines is 1. The van der Waals surface area contributed by atoms with Gasteiger partial charge in [-0.2, -0.15) is 0 Å². The maximum atomic E-state index is 12.7. The minimum atomic E-state index is -0.149. The van der Waals surface area contributed by atoms with Crippen molar-refractivity contribution in [2.45, 2.75) is 18.9 Å². The van der Waals surface area contributed by atoms with Crippen LogP contribution in [0.1, 0.15) is 23.0 Å². The molecular formula is C18H21NO4S. The van der Waals surface area contributed by atoms with Crippen LogP contribution in [0.3, 0.4) is 0 Å². The molecule has 2 heterocycles. The molecule has 0 saturated carbocycles. The van der Waals surface area contributed by atoms with Crippen molar-refractivity contribution in [3.63, 3.8) is 0 Å². The summed E-state index contributed by atoms with van der Waals surface area (Å²) in [6.07, 6.45) is 1.11. The molecule has 0 saturated heterocycles. The highest BCUT2D eigenvalue weighted by Gasteiger charge is 2.26. The van der Waals surface area contributed by atoms with E-state index in [2.05, 4.69) is 11.4 Å². The van der Waals surface area contributed by atoms with Gasteiger partial charge < -0.3 is 19.1 Å². The van der Waals surface area contributed by atoms with Gasteiger partial charge in [-0.1, -0.05) is 0 Å². The number of hydrogen-bond donors (Lipinski definition) is 0. The van der Waals surface area contributed by atoms with Gasteiger partial charge in [0, 0.05) is 23.7 Å². The molecule has 1 aromatic carbocycles. The molecule has 6 heteroatoms. The first kappa shape index (κ1) is 16.8. The number of amides is 1. The van der Waals surface area contributed by atoms with E-state index in [0.717, 1.165) is 12.1 Å². The van der Waals surface area contributed by atoms with Gasteiger partial charge in [-0.3, -0.25) is 4.79 Å². The molecule has 0 bridgehead atoms. The van der Waals surface area contributed by atoms with Crippen molar-refractivity contribution in [3.8, 4) is 11.5 Å². The van der Waals surface area contributed by atoms with Crippen LogP contribution >= 0.6 is 11.3 Å². The second-order valence-electron chi connectivity index (χ2n) is 5.62. The number of carbonyl (C=O) groups excluding carboxylic acids is 1. The molecule has 0 N–H and O–H groups in total.